The molecule has 7 nitrogen and oxygen atoms in total. The van der Waals surface area contributed by atoms with Gasteiger partial charge in [-0.3, -0.25) is 0 Å². The van der Waals surface area contributed by atoms with Gasteiger partial charge in [0.2, 0.25) is 0 Å². The normalized spacial score (nSPS) is 4.92. The summed E-state index contributed by atoms with van der Waals surface area (Å²) in [5, 5.41) is 29.8. The van der Waals surface area contributed by atoms with Crippen molar-refractivity contribution in [3.63, 3.8) is 0 Å². The van der Waals surface area contributed by atoms with Gasteiger partial charge in [-0.15, -0.1) is 0 Å². The first-order valence-corrected chi connectivity index (χ1v) is 1.97. The maximum atomic E-state index is 9.01. The van der Waals surface area contributed by atoms with Gasteiger partial charge in [0.25, 0.3) is 0 Å². The summed E-state index contributed by atoms with van der Waals surface area (Å²) in [6, 6.07) is 0. The number of rotatable bonds is 2. The Morgan fingerprint density at radius 1 is 0.923 bits per heavy atom. The minimum absolute atomic E-state index is 0. The Morgan fingerprint density at radius 2 is 1.00 bits per heavy atom. The molecule has 13 heavy (non-hydrogen) atoms. The van der Waals surface area contributed by atoms with E-state index in [4.69, 9.17) is 30.6 Å². The van der Waals surface area contributed by atoms with E-state index in [2.05, 4.69) is 0 Å². The minimum Gasteiger partial charge on any atom is -0.544 e. The second kappa shape index (κ2) is 22.8. The van der Waals surface area contributed by atoms with E-state index in [1.54, 1.807) is 0 Å². The van der Waals surface area contributed by atoms with Crippen LogP contribution in [-0.2, 0) is 9.59 Å². The summed E-state index contributed by atoms with van der Waals surface area (Å²) in [6.07, 6.45) is 0.444. The van der Waals surface area contributed by atoms with Gasteiger partial charge < -0.3 is 36.1 Å². The van der Waals surface area contributed by atoms with Crippen LogP contribution in [-0.4, -0.2) is 29.8 Å². The number of carbonyl (C=O) groups is 2. The van der Waals surface area contributed by atoms with Gasteiger partial charge in [-0.25, -0.2) is 0 Å². The van der Waals surface area contributed by atoms with Crippen LogP contribution in [0.3, 0.4) is 0 Å². The third kappa shape index (κ3) is 71.4. The fourth-order valence-corrected chi connectivity index (χ4v) is 0. The van der Waals surface area contributed by atoms with Crippen LogP contribution in [0.1, 0.15) is 0 Å². The van der Waals surface area contributed by atoms with Crippen molar-refractivity contribution in [1.82, 2.24) is 0 Å². The largest absolute Gasteiger partial charge is 1.00 e. The molecule has 0 rings (SSSR count). The zero-order valence-corrected chi connectivity index (χ0v) is 11.3. The van der Waals surface area contributed by atoms with E-state index < -0.39 is 11.9 Å². The maximum absolute atomic E-state index is 9.01. The topological polar surface area (TPSA) is 159 Å². The fourth-order valence-electron chi connectivity index (χ4n) is 0. The van der Waals surface area contributed by atoms with Crippen LogP contribution in [0.4, 0.5) is 0 Å². The van der Waals surface area contributed by atoms with Crippen molar-refractivity contribution < 1.29 is 84.4 Å². The summed E-state index contributed by atoms with van der Waals surface area (Å²) in [7, 11) is 0. The second-order valence-electron chi connectivity index (χ2n) is 0.927. The van der Waals surface area contributed by atoms with Gasteiger partial charge in [-0.05, 0) is 0 Å². The first-order chi connectivity index (χ1) is 4.54. The molecule has 0 amide bonds. The van der Waals surface area contributed by atoms with E-state index in [0.717, 1.165) is 0 Å². The molecule has 0 heterocycles. The Kier molecular flexibility index (Phi) is 51.2. The molecule has 4 N–H and O–H groups in total. The average Bonchev–Trinajstić information content (AvgIpc) is 1.89. The van der Waals surface area contributed by atoms with E-state index in [0.29, 0.717) is 0 Å². The molecule has 64 valence electrons. The molecular formula is C4H6N2Na2O5. The summed E-state index contributed by atoms with van der Waals surface area (Å²) in [5.74, 6) is -2.91. The molecule has 9 heteroatoms. The minimum atomic E-state index is -1.45. The van der Waals surface area contributed by atoms with Crippen LogP contribution in [0.15, 0.2) is 0 Å². The van der Waals surface area contributed by atoms with Crippen molar-refractivity contribution in [3.8, 4) is 0 Å². The number of carboxylic acids is 2. The van der Waals surface area contributed by atoms with Crippen molar-refractivity contribution in [3.05, 3.63) is 0 Å². The van der Waals surface area contributed by atoms with Gasteiger partial charge >= 0.3 is 59.1 Å². The molecule has 0 spiro atoms. The molecule has 0 aliphatic heterocycles. The molecule has 0 aliphatic rings. The second-order valence-corrected chi connectivity index (χ2v) is 0.927. The average molecular weight is 208 g/mol. The predicted molar refractivity (Wildman–Crippen MR) is 31.2 cm³/mol. The third-order valence-electron chi connectivity index (χ3n) is 0.236. The smallest absolute Gasteiger partial charge is 0.544 e. The monoisotopic (exact) mass is 208 g/mol. The van der Waals surface area contributed by atoms with Crippen molar-refractivity contribution in [1.29, 1.82) is 10.8 Å². The molecule has 0 atom stereocenters. The van der Waals surface area contributed by atoms with Crippen LogP contribution in [0.2, 0.25) is 0 Å². The zero-order chi connectivity index (χ0) is 8.57. The molecule has 0 unspecified atom stereocenters. The Morgan fingerprint density at radius 3 is 1.00 bits per heavy atom. The SMILES string of the molecule is N=CC(=O)[O-].N=CC(=O)[O-].O.[Na+].[Na+]. The Labute approximate surface area is 118 Å². The maximum Gasteiger partial charge on any atom is 1.00 e. The van der Waals surface area contributed by atoms with Crippen molar-refractivity contribution in [2.24, 2.45) is 0 Å². The van der Waals surface area contributed by atoms with Crippen LogP contribution in [0.25, 0.3) is 0 Å². The number of carbonyl (C=O) groups excluding carboxylic acids is 2. The summed E-state index contributed by atoms with van der Waals surface area (Å²) >= 11 is 0. The quantitative estimate of drug-likeness (QED) is 0.340. The van der Waals surface area contributed by atoms with Crippen molar-refractivity contribution in [2.75, 3.05) is 0 Å². The number of aliphatic carboxylic acids is 2. The molecule has 0 aromatic carbocycles. The summed E-state index contributed by atoms with van der Waals surface area (Å²) in [4.78, 5) is 18.0. The van der Waals surface area contributed by atoms with Gasteiger partial charge in [-0.1, -0.05) is 0 Å². The van der Waals surface area contributed by atoms with E-state index in [-0.39, 0.29) is 77.0 Å². The fraction of sp³-hybridized carbons (Fsp3) is 0. The molecule has 0 saturated heterocycles. The van der Waals surface area contributed by atoms with E-state index >= 15 is 0 Å². The summed E-state index contributed by atoms with van der Waals surface area (Å²) in [6.45, 7) is 0. The standard InChI is InChI=1S/2C2H3NO2.2Na.H2O/c2*3-1-2(4)5;;;/h2*1,3H,(H,4,5);;;1H2/q;;2*+1;/p-2. The van der Waals surface area contributed by atoms with Crippen LogP contribution in [0.5, 0.6) is 0 Å². The van der Waals surface area contributed by atoms with Gasteiger partial charge in [0.15, 0.2) is 0 Å². The molecule has 0 bridgehead atoms. The van der Waals surface area contributed by atoms with Gasteiger partial charge in [-0.2, -0.15) is 0 Å². The van der Waals surface area contributed by atoms with Crippen LogP contribution in [0, 0.1) is 10.8 Å². The molecule has 0 aromatic rings. The van der Waals surface area contributed by atoms with Crippen molar-refractivity contribution in [2.45, 2.75) is 0 Å². The number of hydrogen-bond donors (Lipinski definition) is 2. The Balaban J connectivity index is -0.0000000267. The van der Waals surface area contributed by atoms with E-state index in [9.17, 15) is 0 Å². The van der Waals surface area contributed by atoms with Crippen LogP contribution >= 0.6 is 0 Å². The molecule has 0 saturated carbocycles. The van der Waals surface area contributed by atoms with Gasteiger partial charge in [0.05, 0.1) is 11.9 Å². The third-order valence-corrected chi connectivity index (χ3v) is 0.236. The van der Waals surface area contributed by atoms with Gasteiger partial charge in [0.1, 0.15) is 0 Å². The summed E-state index contributed by atoms with van der Waals surface area (Å²) in [5.41, 5.74) is 0. The molecule has 0 fully saturated rings. The number of hydrogen-bond acceptors (Lipinski definition) is 6. The van der Waals surface area contributed by atoms with Crippen molar-refractivity contribution >= 4 is 24.4 Å². The van der Waals surface area contributed by atoms with E-state index in [1.807, 2.05) is 0 Å². The van der Waals surface area contributed by atoms with Gasteiger partial charge in [0, 0.05) is 12.4 Å². The molecule has 0 aliphatic carbocycles. The number of nitrogens with one attached hydrogen (secondary N) is 2. The van der Waals surface area contributed by atoms with Crippen LogP contribution < -0.4 is 69.3 Å². The first-order valence-electron chi connectivity index (χ1n) is 1.97. The molecular weight excluding hydrogens is 202 g/mol. The number of carboxylic acid groups (broad SMARTS) is 2. The molecule has 0 radical (unpaired) electrons. The Bertz CT molecular complexity index is 145. The van der Waals surface area contributed by atoms with E-state index in [1.165, 1.54) is 0 Å². The Hall–Kier alpha value is 0.240. The predicted octanol–water partition coefficient (Wildman–Crippen LogP) is -10.0. The zero-order valence-electron chi connectivity index (χ0n) is 7.29. The molecule has 0 aromatic heterocycles. The summed E-state index contributed by atoms with van der Waals surface area (Å²) < 4.78 is 0. The first kappa shape index (κ1) is 29.2.